The van der Waals surface area contributed by atoms with Crippen LogP contribution in [0.25, 0.3) is 0 Å². The average molecular weight is 353 g/mol. The molecule has 25 heavy (non-hydrogen) atoms. The van der Waals surface area contributed by atoms with Crippen molar-refractivity contribution in [3.63, 3.8) is 0 Å². The Hall–Kier alpha value is -2.37. The van der Waals surface area contributed by atoms with Crippen molar-refractivity contribution in [2.75, 3.05) is 7.05 Å². The number of rotatable bonds is 5. The quantitative estimate of drug-likeness (QED) is 0.693. The molecule has 0 saturated heterocycles. The van der Waals surface area contributed by atoms with E-state index in [1.807, 2.05) is 6.92 Å². The Morgan fingerprint density at radius 2 is 1.60 bits per heavy atom. The molecule has 1 unspecified atom stereocenters. The molecule has 2 aromatic rings. The predicted octanol–water partition coefficient (Wildman–Crippen LogP) is 5.00. The van der Waals surface area contributed by atoms with Gasteiger partial charge in [-0.2, -0.15) is 13.2 Å². The van der Waals surface area contributed by atoms with E-state index >= 15 is 0 Å². The number of amides is 1. The first-order chi connectivity index (χ1) is 11.7. The minimum absolute atomic E-state index is 0.0804. The Kier molecular flexibility index (Phi) is 5.82. The number of carbonyl (C=O) groups excluding carboxylic acids is 1. The van der Waals surface area contributed by atoms with Gasteiger partial charge in [0.25, 0.3) is 0 Å². The Balaban J connectivity index is 1.94. The van der Waals surface area contributed by atoms with E-state index < -0.39 is 11.7 Å². The van der Waals surface area contributed by atoms with Gasteiger partial charge in [0.1, 0.15) is 5.82 Å². The largest absolute Gasteiger partial charge is 0.416 e. The van der Waals surface area contributed by atoms with Crippen molar-refractivity contribution in [2.45, 2.75) is 32.0 Å². The minimum atomic E-state index is -4.37. The fraction of sp³-hybridized carbons (Fsp3) is 0.316. The van der Waals surface area contributed by atoms with Crippen LogP contribution in [0.4, 0.5) is 17.6 Å². The molecule has 0 aromatic heterocycles. The molecule has 0 radical (unpaired) electrons. The number of nitrogens with zero attached hydrogens (tertiary/aromatic N) is 1. The lowest BCUT2D eigenvalue weighted by Gasteiger charge is -2.20. The van der Waals surface area contributed by atoms with Crippen molar-refractivity contribution in [3.8, 4) is 0 Å². The van der Waals surface area contributed by atoms with Gasteiger partial charge in [-0.25, -0.2) is 4.39 Å². The van der Waals surface area contributed by atoms with E-state index in [4.69, 9.17) is 0 Å². The Morgan fingerprint density at radius 3 is 2.12 bits per heavy atom. The second-order valence-corrected chi connectivity index (χ2v) is 6.10. The molecule has 2 rings (SSSR count). The molecule has 2 aromatic carbocycles. The maximum Gasteiger partial charge on any atom is 0.416 e. The molecule has 0 spiro atoms. The van der Waals surface area contributed by atoms with E-state index in [0.717, 1.165) is 17.7 Å². The molecule has 1 atom stereocenters. The number of alkyl halides is 3. The first-order valence-corrected chi connectivity index (χ1v) is 7.82. The van der Waals surface area contributed by atoms with Gasteiger partial charge < -0.3 is 4.90 Å². The summed E-state index contributed by atoms with van der Waals surface area (Å²) in [6.07, 6.45) is -4.13. The van der Waals surface area contributed by atoms with Crippen LogP contribution in [-0.4, -0.2) is 17.9 Å². The van der Waals surface area contributed by atoms with E-state index in [1.165, 1.54) is 29.2 Å². The SMILES string of the molecule is CC(CC(=O)N(C)Cc1ccc(C(F)(F)F)cc1)c1ccc(F)cc1. The summed E-state index contributed by atoms with van der Waals surface area (Å²) < 4.78 is 50.6. The second-order valence-electron chi connectivity index (χ2n) is 6.10. The highest BCUT2D eigenvalue weighted by Crippen LogP contribution is 2.29. The first kappa shape index (κ1) is 19.0. The highest BCUT2D eigenvalue weighted by Gasteiger charge is 2.30. The summed E-state index contributed by atoms with van der Waals surface area (Å²) in [6, 6.07) is 10.7. The fourth-order valence-electron chi connectivity index (χ4n) is 2.49. The smallest absolute Gasteiger partial charge is 0.341 e. The Morgan fingerprint density at radius 1 is 1.04 bits per heavy atom. The number of hydrogen-bond acceptors (Lipinski definition) is 1. The van der Waals surface area contributed by atoms with Crippen LogP contribution in [0.5, 0.6) is 0 Å². The number of benzene rings is 2. The highest BCUT2D eigenvalue weighted by molar-refractivity contribution is 5.76. The first-order valence-electron chi connectivity index (χ1n) is 7.82. The molecule has 0 N–H and O–H groups in total. The van der Waals surface area contributed by atoms with Gasteiger partial charge in [0.15, 0.2) is 0 Å². The van der Waals surface area contributed by atoms with Crippen molar-refractivity contribution in [3.05, 3.63) is 71.0 Å². The minimum Gasteiger partial charge on any atom is -0.341 e. The van der Waals surface area contributed by atoms with E-state index in [9.17, 15) is 22.4 Å². The zero-order valence-electron chi connectivity index (χ0n) is 14.0. The van der Waals surface area contributed by atoms with Crippen LogP contribution in [0.15, 0.2) is 48.5 Å². The van der Waals surface area contributed by atoms with Crippen LogP contribution in [0.2, 0.25) is 0 Å². The van der Waals surface area contributed by atoms with Crippen LogP contribution in [0, 0.1) is 5.82 Å². The molecule has 0 aliphatic carbocycles. The van der Waals surface area contributed by atoms with Crippen molar-refractivity contribution < 1.29 is 22.4 Å². The molecule has 0 aliphatic rings. The van der Waals surface area contributed by atoms with Crippen molar-refractivity contribution in [1.29, 1.82) is 0 Å². The number of halogens is 4. The summed E-state index contributed by atoms with van der Waals surface area (Å²) in [5.74, 6) is -0.540. The zero-order chi connectivity index (χ0) is 18.6. The molecule has 0 heterocycles. The molecule has 6 heteroatoms. The van der Waals surface area contributed by atoms with Gasteiger partial charge in [-0.15, -0.1) is 0 Å². The molecule has 0 saturated carbocycles. The van der Waals surface area contributed by atoms with Gasteiger partial charge in [0.2, 0.25) is 5.91 Å². The molecule has 2 nitrogen and oxygen atoms in total. The Bertz CT molecular complexity index is 708. The van der Waals surface area contributed by atoms with Crippen LogP contribution >= 0.6 is 0 Å². The average Bonchev–Trinajstić information content (AvgIpc) is 2.55. The van der Waals surface area contributed by atoms with Gasteiger partial charge >= 0.3 is 6.18 Å². The van der Waals surface area contributed by atoms with E-state index in [0.29, 0.717) is 5.56 Å². The predicted molar refractivity (Wildman–Crippen MR) is 87.4 cm³/mol. The molecule has 0 aliphatic heterocycles. The third-order valence-corrected chi connectivity index (χ3v) is 4.05. The van der Waals surface area contributed by atoms with Crippen LogP contribution in [-0.2, 0) is 17.5 Å². The van der Waals surface area contributed by atoms with Crippen molar-refractivity contribution >= 4 is 5.91 Å². The lowest BCUT2D eigenvalue weighted by Crippen LogP contribution is -2.27. The summed E-state index contributed by atoms with van der Waals surface area (Å²) in [4.78, 5) is 13.8. The van der Waals surface area contributed by atoms with E-state index in [1.54, 1.807) is 19.2 Å². The maximum absolute atomic E-state index is 12.9. The van der Waals surface area contributed by atoms with E-state index in [2.05, 4.69) is 0 Å². The third kappa shape index (κ3) is 5.31. The van der Waals surface area contributed by atoms with Crippen molar-refractivity contribution in [2.24, 2.45) is 0 Å². The molecule has 134 valence electrons. The Labute approximate surface area is 144 Å². The molecule has 0 fully saturated rings. The third-order valence-electron chi connectivity index (χ3n) is 4.05. The molecular formula is C19H19F4NO. The summed E-state index contributed by atoms with van der Waals surface area (Å²) in [7, 11) is 1.61. The summed E-state index contributed by atoms with van der Waals surface area (Å²) in [6.45, 7) is 2.10. The summed E-state index contributed by atoms with van der Waals surface area (Å²) in [5, 5.41) is 0. The van der Waals surface area contributed by atoms with Crippen LogP contribution in [0.3, 0.4) is 0 Å². The lowest BCUT2D eigenvalue weighted by molar-refractivity contribution is -0.137. The molecule has 0 bridgehead atoms. The second kappa shape index (κ2) is 7.68. The molecular weight excluding hydrogens is 334 g/mol. The molecule has 1 amide bonds. The van der Waals surface area contributed by atoms with Gasteiger partial charge in [0, 0.05) is 20.0 Å². The summed E-state index contributed by atoms with van der Waals surface area (Å²) in [5.41, 5.74) is 0.770. The van der Waals surface area contributed by atoms with Crippen molar-refractivity contribution in [1.82, 2.24) is 4.90 Å². The zero-order valence-corrected chi connectivity index (χ0v) is 14.0. The van der Waals surface area contributed by atoms with Crippen LogP contribution in [0.1, 0.15) is 36.0 Å². The highest BCUT2D eigenvalue weighted by atomic mass is 19.4. The number of carbonyl (C=O) groups is 1. The van der Waals surface area contributed by atoms with Gasteiger partial charge in [-0.3, -0.25) is 4.79 Å². The standard InChI is InChI=1S/C19H19F4NO/c1-13(15-5-9-17(20)10-6-15)11-18(25)24(2)12-14-3-7-16(8-4-14)19(21,22)23/h3-10,13H,11-12H2,1-2H3. The monoisotopic (exact) mass is 353 g/mol. The summed E-state index contributed by atoms with van der Waals surface area (Å²) >= 11 is 0. The van der Waals surface area contributed by atoms with Crippen LogP contribution < -0.4 is 0 Å². The van der Waals surface area contributed by atoms with Gasteiger partial charge in [-0.1, -0.05) is 31.2 Å². The lowest BCUT2D eigenvalue weighted by atomic mass is 9.97. The number of hydrogen-bond donors (Lipinski definition) is 0. The van der Waals surface area contributed by atoms with E-state index in [-0.39, 0.29) is 30.6 Å². The maximum atomic E-state index is 12.9. The fourth-order valence-corrected chi connectivity index (χ4v) is 2.49. The topological polar surface area (TPSA) is 20.3 Å². The van der Waals surface area contributed by atoms with Gasteiger partial charge in [-0.05, 0) is 41.3 Å². The normalized spacial score (nSPS) is 12.7. The van der Waals surface area contributed by atoms with Gasteiger partial charge in [0.05, 0.1) is 5.56 Å².